The first-order valence-corrected chi connectivity index (χ1v) is 14.9. The summed E-state index contributed by atoms with van der Waals surface area (Å²) in [6, 6.07) is 10.8. The first-order valence-electron chi connectivity index (χ1n) is 9.01. The molecule has 2 heteroatoms. The quantitative estimate of drug-likeness (QED) is 0.369. The Balaban J connectivity index is 2.31. The normalized spacial score (nSPS) is 11.8. The van der Waals surface area contributed by atoms with Crippen molar-refractivity contribution in [1.82, 2.24) is 5.32 Å². The predicted molar refractivity (Wildman–Crippen MR) is 98.6 cm³/mol. The number of hydrogen-bond donors (Lipinski definition) is 1. The van der Waals surface area contributed by atoms with E-state index in [0.717, 1.165) is 6.54 Å². The molecule has 0 unspecified atom stereocenters. The summed E-state index contributed by atoms with van der Waals surface area (Å²) < 4.78 is 0. The van der Waals surface area contributed by atoms with E-state index in [1.165, 1.54) is 37.8 Å². The van der Waals surface area contributed by atoms with Crippen molar-refractivity contribution >= 4 is 13.3 Å². The molecule has 1 aromatic rings. The summed E-state index contributed by atoms with van der Waals surface area (Å²) in [5.74, 6) is 0. The van der Waals surface area contributed by atoms with Crippen LogP contribution in [0.2, 0.25) is 21.0 Å². The van der Waals surface area contributed by atoms with Crippen molar-refractivity contribution in [3.05, 3.63) is 35.9 Å². The molecule has 0 spiro atoms. The average molecular weight is 350 g/mol. The third kappa shape index (κ3) is 7.51. The number of benzene rings is 1. The van der Waals surface area contributed by atoms with E-state index in [9.17, 15) is 0 Å². The van der Waals surface area contributed by atoms with Gasteiger partial charge in [0.2, 0.25) is 0 Å². The van der Waals surface area contributed by atoms with Gasteiger partial charge in [0.25, 0.3) is 0 Å². The first-order chi connectivity index (χ1) is 10.3. The van der Waals surface area contributed by atoms with Gasteiger partial charge in [0.1, 0.15) is 0 Å². The zero-order chi connectivity index (χ0) is 15.4. The molecule has 0 radical (unpaired) electrons. The molecule has 0 fully saturated rings. The molecule has 0 aliphatic rings. The van der Waals surface area contributed by atoms with Crippen molar-refractivity contribution in [1.29, 1.82) is 0 Å². The van der Waals surface area contributed by atoms with Crippen LogP contribution in [-0.2, 0) is 6.54 Å². The molecule has 0 saturated carbocycles. The van der Waals surface area contributed by atoms with Gasteiger partial charge in [-0.05, 0) is 0 Å². The third-order valence-corrected chi connectivity index (χ3v) is 17.4. The molecular formula is C19H35GeN. The van der Waals surface area contributed by atoms with Gasteiger partial charge in [-0.1, -0.05) is 0 Å². The molecule has 0 aliphatic heterocycles. The average Bonchev–Trinajstić information content (AvgIpc) is 2.49. The van der Waals surface area contributed by atoms with Crippen molar-refractivity contribution in [2.75, 3.05) is 6.54 Å². The molecule has 0 aromatic heterocycles. The molecule has 0 saturated heterocycles. The Kier molecular flexibility index (Phi) is 10.1. The van der Waals surface area contributed by atoms with Crippen LogP contribution < -0.4 is 5.32 Å². The van der Waals surface area contributed by atoms with Gasteiger partial charge >= 0.3 is 135 Å². The Morgan fingerprint density at radius 2 is 1.38 bits per heavy atom. The summed E-state index contributed by atoms with van der Waals surface area (Å²) in [7, 11) is 0. The molecule has 0 amide bonds. The van der Waals surface area contributed by atoms with Gasteiger partial charge in [-0.25, -0.2) is 0 Å². The maximum absolute atomic E-state index is 3.63. The Hall–Kier alpha value is -0.277. The van der Waals surface area contributed by atoms with Crippen LogP contribution in [0.1, 0.15) is 52.0 Å². The van der Waals surface area contributed by atoms with E-state index in [1.807, 2.05) is 0 Å². The molecule has 0 aliphatic carbocycles. The third-order valence-electron chi connectivity index (χ3n) is 4.57. The summed E-state index contributed by atoms with van der Waals surface area (Å²) in [6.07, 6.45) is 5.64. The second-order valence-electron chi connectivity index (χ2n) is 6.52. The van der Waals surface area contributed by atoms with E-state index < -0.39 is 13.3 Å². The fourth-order valence-electron chi connectivity index (χ4n) is 3.76. The maximum atomic E-state index is 3.63. The predicted octanol–water partition coefficient (Wildman–Crippen LogP) is 5.85. The zero-order valence-electron chi connectivity index (χ0n) is 14.5. The summed E-state index contributed by atoms with van der Waals surface area (Å²) in [5, 5.41) is 10.0. The Bertz CT molecular complexity index is 333. The Labute approximate surface area is 135 Å². The van der Waals surface area contributed by atoms with Gasteiger partial charge in [0, 0.05) is 0 Å². The van der Waals surface area contributed by atoms with Crippen LogP contribution in [0.25, 0.3) is 0 Å². The van der Waals surface area contributed by atoms with Crippen molar-refractivity contribution in [2.24, 2.45) is 0 Å². The van der Waals surface area contributed by atoms with Crippen molar-refractivity contribution < 1.29 is 0 Å². The van der Waals surface area contributed by atoms with E-state index in [2.05, 4.69) is 56.4 Å². The van der Waals surface area contributed by atoms with Gasteiger partial charge in [0.05, 0.1) is 0 Å². The molecule has 1 rings (SSSR count). The molecule has 1 N–H and O–H groups in total. The SMILES string of the molecule is CC[CH2][Ge]([CH2]CC)([CH2]CC)[CH2]CCNCc1ccccc1. The topological polar surface area (TPSA) is 12.0 Å². The molecule has 0 atom stereocenters. The van der Waals surface area contributed by atoms with E-state index >= 15 is 0 Å². The molecule has 1 nitrogen and oxygen atoms in total. The van der Waals surface area contributed by atoms with E-state index in [1.54, 1.807) is 21.0 Å². The zero-order valence-corrected chi connectivity index (χ0v) is 16.6. The molecule has 21 heavy (non-hydrogen) atoms. The van der Waals surface area contributed by atoms with E-state index in [0.29, 0.717) is 0 Å². The van der Waals surface area contributed by atoms with Crippen LogP contribution in [0.15, 0.2) is 30.3 Å². The molecular weight excluding hydrogens is 315 g/mol. The van der Waals surface area contributed by atoms with Crippen LogP contribution in [0, 0.1) is 0 Å². The van der Waals surface area contributed by atoms with Gasteiger partial charge in [0.15, 0.2) is 0 Å². The number of rotatable bonds is 12. The van der Waals surface area contributed by atoms with Gasteiger partial charge in [-0.3, -0.25) is 0 Å². The van der Waals surface area contributed by atoms with Crippen LogP contribution in [0.5, 0.6) is 0 Å². The van der Waals surface area contributed by atoms with Crippen LogP contribution in [0.4, 0.5) is 0 Å². The van der Waals surface area contributed by atoms with Gasteiger partial charge < -0.3 is 0 Å². The molecule has 1 aromatic carbocycles. The summed E-state index contributed by atoms with van der Waals surface area (Å²) in [4.78, 5) is 0. The summed E-state index contributed by atoms with van der Waals surface area (Å²) in [5.41, 5.74) is 1.40. The molecule has 0 bridgehead atoms. The van der Waals surface area contributed by atoms with Crippen molar-refractivity contribution in [2.45, 2.75) is 74.0 Å². The fraction of sp³-hybridized carbons (Fsp3) is 0.684. The first kappa shape index (κ1) is 18.8. The Morgan fingerprint density at radius 1 is 0.810 bits per heavy atom. The van der Waals surface area contributed by atoms with Crippen molar-refractivity contribution in [3.63, 3.8) is 0 Å². The van der Waals surface area contributed by atoms with Crippen LogP contribution >= 0.6 is 0 Å². The second-order valence-corrected chi connectivity index (χ2v) is 17.0. The minimum absolute atomic E-state index is 1.02. The van der Waals surface area contributed by atoms with Crippen LogP contribution in [0.3, 0.4) is 0 Å². The fourth-order valence-corrected chi connectivity index (χ4v) is 15.5. The van der Waals surface area contributed by atoms with Gasteiger partial charge in [-0.15, -0.1) is 0 Å². The monoisotopic (exact) mass is 351 g/mol. The summed E-state index contributed by atoms with van der Waals surface area (Å²) >= 11 is -1.52. The Morgan fingerprint density at radius 3 is 1.90 bits per heavy atom. The summed E-state index contributed by atoms with van der Waals surface area (Å²) in [6.45, 7) is 9.38. The van der Waals surface area contributed by atoms with E-state index in [4.69, 9.17) is 0 Å². The van der Waals surface area contributed by atoms with Crippen LogP contribution in [-0.4, -0.2) is 19.8 Å². The standard InChI is InChI=1S/C19H35GeN/c1-4-13-20(14-5-2,15-6-3)16-10-17-21-18-19-11-8-7-9-12-19/h7-9,11-12,21H,4-6,10,13-18H2,1-3H3. The molecule has 0 heterocycles. The number of hydrogen-bond acceptors (Lipinski definition) is 1. The van der Waals surface area contributed by atoms with Crippen molar-refractivity contribution in [3.8, 4) is 0 Å². The van der Waals surface area contributed by atoms with Gasteiger partial charge in [-0.2, -0.15) is 0 Å². The molecule has 120 valence electrons. The number of nitrogens with one attached hydrogen (secondary N) is 1. The minimum atomic E-state index is -1.52. The second kappa shape index (κ2) is 11.3. The van der Waals surface area contributed by atoms with E-state index in [-0.39, 0.29) is 0 Å².